The lowest BCUT2D eigenvalue weighted by atomic mass is 9.87. The third kappa shape index (κ3) is 3.72. The van der Waals surface area contributed by atoms with Gasteiger partial charge in [-0.05, 0) is 48.9 Å². The van der Waals surface area contributed by atoms with Crippen molar-refractivity contribution in [1.29, 1.82) is 0 Å². The zero-order valence-electron chi connectivity index (χ0n) is 10.8. The summed E-state index contributed by atoms with van der Waals surface area (Å²) < 4.78 is 0. The zero-order chi connectivity index (χ0) is 12.3. The van der Waals surface area contributed by atoms with Crippen LogP contribution in [0.3, 0.4) is 0 Å². The smallest absolute Gasteiger partial charge is 0.0408 e. The first kappa shape index (κ1) is 12.9. The van der Waals surface area contributed by atoms with Gasteiger partial charge in [-0.25, -0.2) is 0 Å². The van der Waals surface area contributed by atoms with E-state index in [2.05, 4.69) is 25.2 Å². The molecule has 2 rings (SSSR count). The van der Waals surface area contributed by atoms with Gasteiger partial charge in [0.1, 0.15) is 0 Å². The summed E-state index contributed by atoms with van der Waals surface area (Å²) >= 11 is 5.96. The Hall–Kier alpha value is -0.530. The topological polar surface area (TPSA) is 12.0 Å². The van der Waals surface area contributed by atoms with E-state index < -0.39 is 0 Å². The zero-order valence-corrected chi connectivity index (χ0v) is 11.6. The first-order valence-electron chi connectivity index (χ1n) is 6.63. The minimum atomic E-state index is 0.703. The fourth-order valence-electron chi connectivity index (χ4n) is 2.73. The summed E-state index contributed by atoms with van der Waals surface area (Å²) in [6, 6.07) is 6.86. The lowest BCUT2D eigenvalue weighted by molar-refractivity contribution is 0.300. The van der Waals surface area contributed by atoms with Gasteiger partial charge in [-0.1, -0.05) is 37.4 Å². The average molecular weight is 252 g/mol. The molecule has 1 aromatic rings. The second-order valence-electron chi connectivity index (χ2n) is 5.42. The van der Waals surface area contributed by atoms with Crippen molar-refractivity contribution in [3.05, 3.63) is 34.3 Å². The number of nitrogens with one attached hydrogen (secondary N) is 1. The summed E-state index contributed by atoms with van der Waals surface area (Å²) in [5, 5.41) is 4.52. The largest absolute Gasteiger partial charge is 0.310 e. The molecule has 94 valence electrons. The highest BCUT2D eigenvalue weighted by molar-refractivity contribution is 6.30. The molecule has 1 aromatic carbocycles. The van der Waals surface area contributed by atoms with E-state index in [-0.39, 0.29) is 0 Å². The molecule has 17 heavy (non-hydrogen) atoms. The first-order chi connectivity index (χ1) is 8.15. The first-order valence-corrected chi connectivity index (χ1v) is 7.01. The number of halogens is 1. The lowest BCUT2D eigenvalue weighted by Crippen LogP contribution is -2.33. The standard InChI is InChI=1S/C15H22ClN/c1-11-4-3-5-15(8-11)17-10-13-6-7-14(16)9-12(13)2/h6-7,9,11,15,17H,3-5,8,10H2,1-2H3. The number of aryl methyl sites for hydroxylation is 1. The van der Waals surface area contributed by atoms with Crippen molar-refractivity contribution in [2.45, 2.75) is 52.1 Å². The second-order valence-corrected chi connectivity index (χ2v) is 5.86. The Balaban J connectivity index is 1.88. The molecule has 1 saturated carbocycles. The van der Waals surface area contributed by atoms with Gasteiger partial charge in [0.05, 0.1) is 0 Å². The van der Waals surface area contributed by atoms with Crippen LogP contribution in [0, 0.1) is 12.8 Å². The third-order valence-electron chi connectivity index (χ3n) is 3.82. The molecule has 2 atom stereocenters. The van der Waals surface area contributed by atoms with Gasteiger partial charge in [0, 0.05) is 17.6 Å². The van der Waals surface area contributed by atoms with Crippen LogP contribution >= 0.6 is 11.6 Å². The Kier molecular flexibility index (Phi) is 4.47. The molecule has 0 aliphatic heterocycles. The summed E-state index contributed by atoms with van der Waals surface area (Å²) in [5.74, 6) is 0.882. The molecule has 0 amide bonds. The summed E-state index contributed by atoms with van der Waals surface area (Å²) in [6.45, 7) is 5.47. The van der Waals surface area contributed by atoms with Crippen LogP contribution < -0.4 is 5.32 Å². The van der Waals surface area contributed by atoms with Crippen molar-refractivity contribution < 1.29 is 0 Å². The Labute approximate surface area is 110 Å². The van der Waals surface area contributed by atoms with Crippen LogP contribution in [0.2, 0.25) is 5.02 Å². The maximum absolute atomic E-state index is 5.96. The molecule has 1 nitrogen and oxygen atoms in total. The van der Waals surface area contributed by atoms with Gasteiger partial charge in [-0.2, -0.15) is 0 Å². The maximum Gasteiger partial charge on any atom is 0.0408 e. The predicted octanol–water partition coefficient (Wildman–Crippen LogP) is 4.32. The van der Waals surface area contributed by atoms with Gasteiger partial charge in [-0.15, -0.1) is 0 Å². The number of rotatable bonds is 3. The molecule has 2 unspecified atom stereocenters. The predicted molar refractivity (Wildman–Crippen MR) is 74.4 cm³/mol. The monoisotopic (exact) mass is 251 g/mol. The number of benzene rings is 1. The Morgan fingerprint density at radius 3 is 2.88 bits per heavy atom. The van der Waals surface area contributed by atoms with E-state index >= 15 is 0 Å². The van der Waals surface area contributed by atoms with E-state index in [0.717, 1.165) is 17.5 Å². The highest BCUT2D eigenvalue weighted by atomic mass is 35.5. The van der Waals surface area contributed by atoms with Crippen LogP contribution in [0.1, 0.15) is 43.7 Å². The van der Waals surface area contributed by atoms with E-state index in [1.807, 2.05) is 12.1 Å². The molecule has 0 bridgehead atoms. The highest BCUT2D eigenvalue weighted by Crippen LogP contribution is 2.24. The van der Waals surface area contributed by atoms with Crippen LogP contribution in [0.15, 0.2) is 18.2 Å². The normalized spacial score (nSPS) is 24.9. The molecule has 2 heteroatoms. The van der Waals surface area contributed by atoms with Crippen LogP contribution in [0.25, 0.3) is 0 Å². The van der Waals surface area contributed by atoms with E-state index in [4.69, 9.17) is 11.6 Å². The second kappa shape index (κ2) is 5.88. The molecule has 1 fully saturated rings. The Morgan fingerprint density at radius 1 is 1.35 bits per heavy atom. The van der Waals surface area contributed by atoms with Crippen LogP contribution in [0.4, 0.5) is 0 Å². The van der Waals surface area contributed by atoms with Gasteiger partial charge in [0.2, 0.25) is 0 Å². The van der Waals surface area contributed by atoms with Crippen molar-refractivity contribution in [3.63, 3.8) is 0 Å². The minimum Gasteiger partial charge on any atom is -0.310 e. The number of hydrogen-bond donors (Lipinski definition) is 1. The van der Waals surface area contributed by atoms with Gasteiger partial charge in [0.15, 0.2) is 0 Å². The quantitative estimate of drug-likeness (QED) is 0.844. The average Bonchev–Trinajstić information content (AvgIpc) is 2.28. The van der Waals surface area contributed by atoms with Crippen molar-refractivity contribution in [1.82, 2.24) is 5.32 Å². The van der Waals surface area contributed by atoms with Gasteiger partial charge in [0.25, 0.3) is 0 Å². The van der Waals surface area contributed by atoms with Crippen molar-refractivity contribution in [2.75, 3.05) is 0 Å². The summed E-state index contributed by atoms with van der Waals surface area (Å²) in [7, 11) is 0. The summed E-state index contributed by atoms with van der Waals surface area (Å²) in [5.41, 5.74) is 2.65. The minimum absolute atomic E-state index is 0.703. The fraction of sp³-hybridized carbons (Fsp3) is 0.600. The lowest BCUT2D eigenvalue weighted by Gasteiger charge is -2.27. The highest BCUT2D eigenvalue weighted by Gasteiger charge is 2.18. The summed E-state index contributed by atoms with van der Waals surface area (Å²) in [4.78, 5) is 0. The van der Waals surface area contributed by atoms with E-state index in [1.54, 1.807) is 0 Å². The Bertz CT molecular complexity index is 375. The van der Waals surface area contributed by atoms with E-state index in [0.29, 0.717) is 6.04 Å². The maximum atomic E-state index is 5.96. The molecule has 0 saturated heterocycles. The molecule has 1 aliphatic carbocycles. The molecular formula is C15H22ClN. The summed E-state index contributed by atoms with van der Waals surface area (Å²) in [6.07, 6.45) is 5.43. The van der Waals surface area contributed by atoms with Gasteiger partial charge in [-0.3, -0.25) is 0 Å². The molecule has 0 heterocycles. The SMILES string of the molecule is Cc1cc(Cl)ccc1CNC1CCCC(C)C1. The van der Waals surface area contributed by atoms with Gasteiger partial charge >= 0.3 is 0 Å². The van der Waals surface area contributed by atoms with Crippen LogP contribution in [-0.4, -0.2) is 6.04 Å². The van der Waals surface area contributed by atoms with Crippen molar-refractivity contribution in [3.8, 4) is 0 Å². The molecular weight excluding hydrogens is 230 g/mol. The third-order valence-corrected chi connectivity index (χ3v) is 4.06. The molecule has 0 radical (unpaired) electrons. The molecule has 1 N–H and O–H groups in total. The van der Waals surface area contributed by atoms with Crippen LogP contribution in [-0.2, 0) is 6.54 Å². The van der Waals surface area contributed by atoms with E-state index in [1.165, 1.54) is 36.8 Å². The molecule has 0 aromatic heterocycles. The Morgan fingerprint density at radius 2 is 2.18 bits per heavy atom. The van der Waals surface area contributed by atoms with Crippen molar-refractivity contribution >= 4 is 11.6 Å². The van der Waals surface area contributed by atoms with Crippen molar-refractivity contribution in [2.24, 2.45) is 5.92 Å². The van der Waals surface area contributed by atoms with E-state index in [9.17, 15) is 0 Å². The number of hydrogen-bond acceptors (Lipinski definition) is 1. The van der Waals surface area contributed by atoms with Crippen LogP contribution in [0.5, 0.6) is 0 Å². The molecule has 0 spiro atoms. The molecule has 1 aliphatic rings. The van der Waals surface area contributed by atoms with Gasteiger partial charge < -0.3 is 5.32 Å². The fourth-order valence-corrected chi connectivity index (χ4v) is 2.96.